The maximum atomic E-state index is 12.6. The molecule has 0 unspecified atom stereocenters. The second-order valence-electron chi connectivity index (χ2n) is 8.08. The molecule has 1 aliphatic heterocycles. The lowest BCUT2D eigenvalue weighted by Gasteiger charge is -2.31. The van der Waals surface area contributed by atoms with Crippen molar-refractivity contribution >= 4 is 11.8 Å². The van der Waals surface area contributed by atoms with Crippen molar-refractivity contribution in [2.24, 2.45) is 5.92 Å². The number of amides is 2. The van der Waals surface area contributed by atoms with Crippen molar-refractivity contribution in [3.05, 3.63) is 47.5 Å². The van der Waals surface area contributed by atoms with Crippen LogP contribution in [-0.2, 0) is 28.1 Å². The number of H-pyrrole nitrogens is 1. The number of carbonyl (C=O) groups excluding carboxylic acids is 2. The van der Waals surface area contributed by atoms with Crippen LogP contribution in [0.1, 0.15) is 50.7 Å². The van der Waals surface area contributed by atoms with Gasteiger partial charge in [-0.15, -0.1) is 0 Å². The van der Waals surface area contributed by atoms with Crippen molar-refractivity contribution in [2.45, 2.75) is 52.1 Å². The van der Waals surface area contributed by atoms with Crippen molar-refractivity contribution < 1.29 is 9.59 Å². The summed E-state index contributed by atoms with van der Waals surface area (Å²) in [6, 6.07) is 7.62. The van der Waals surface area contributed by atoms with Crippen LogP contribution >= 0.6 is 0 Å². The summed E-state index contributed by atoms with van der Waals surface area (Å²) in [7, 11) is 0. The molecule has 0 spiro atoms. The summed E-state index contributed by atoms with van der Waals surface area (Å²) < 4.78 is 0. The molecule has 0 aliphatic carbocycles. The Morgan fingerprint density at radius 3 is 2.85 bits per heavy atom. The third-order valence-corrected chi connectivity index (χ3v) is 4.80. The maximum absolute atomic E-state index is 12.6. The summed E-state index contributed by atoms with van der Waals surface area (Å²) in [5.41, 5.74) is 2.65. The largest absolute Gasteiger partial charge is 0.350 e. The van der Waals surface area contributed by atoms with Gasteiger partial charge < -0.3 is 10.2 Å². The van der Waals surface area contributed by atoms with Crippen LogP contribution in [0.15, 0.2) is 30.5 Å². The van der Waals surface area contributed by atoms with Crippen molar-refractivity contribution in [1.82, 2.24) is 25.4 Å². The van der Waals surface area contributed by atoms with Gasteiger partial charge in [0.2, 0.25) is 11.8 Å². The second kappa shape index (κ2) is 7.90. The van der Waals surface area contributed by atoms with Crippen molar-refractivity contribution in [3.8, 4) is 0 Å². The van der Waals surface area contributed by atoms with E-state index in [4.69, 9.17) is 0 Å². The maximum Gasteiger partial charge on any atom is 0.225 e. The minimum Gasteiger partial charge on any atom is -0.350 e. The minimum atomic E-state index is -0.198. The fourth-order valence-corrected chi connectivity index (χ4v) is 3.13. The molecule has 7 nitrogen and oxygen atoms in total. The molecule has 3 heterocycles. The van der Waals surface area contributed by atoms with E-state index in [1.54, 1.807) is 11.1 Å². The number of nitrogens with one attached hydrogen (secondary N) is 2. The predicted molar refractivity (Wildman–Crippen MR) is 102 cm³/mol. The topological polar surface area (TPSA) is 91.0 Å². The van der Waals surface area contributed by atoms with Gasteiger partial charge in [0.1, 0.15) is 0 Å². The molecule has 0 saturated carbocycles. The zero-order valence-corrected chi connectivity index (χ0v) is 16.2. The van der Waals surface area contributed by atoms with Gasteiger partial charge in [-0.2, -0.15) is 5.10 Å². The number of carbonyl (C=O) groups is 2. The van der Waals surface area contributed by atoms with Gasteiger partial charge in [-0.1, -0.05) is 26.8 Å². The van der Waals surface area contributed by atoms with Crippen LogP contribution in [-0.4, -0.2) is 38.4 Å². The fraction of sp³-hybridized carbons (Fsp3) is 0.500. The van der Waals surface area contributed by atoms with Gasteiger partial charge in [0, 0.05) is 24.6 Å². The molecule has 3 rings (SSSR count). The van der Waals surface area contributed by atoms with Crippen molar-refractivity contribution in [1.29, 1.82) is 0 Å². The Hall–Kier alpha value is -2.70. The van der Waals surface area contributed by atoms with Crippen LogP contribution in [0.5, 0.6) is 0 Å². The van der Waals surface area contributed by atoms with E-state index in [1.807, 2.05) is 24.3 Å². The van der Waals surface area contributed by atoms with Gasteiger partial charge in [-0.3, -0.25) is 19.7 Å². The van der Waals surface area contributed by atoms with Gasteiger partial charge in [-0.05, 0) is 24.6 Å². The number of hydrogen-bond acceptors (Lipinski definition) is 4. The Balaban J connectivity index is 1.55. The van der Waals surface area contributed by atoms with E-state index in [-0.39, 0.29) is 23.1 Å². The summed E-state index contributed by atoms with van der Waals surface area (Å²) in [5, 5.41) is 10.3. The molecular formula is C20H27N5O2. The molecule has 1 fully saturated rings. The van der Waals surface area contributed by atoms with E-state index in [0.717, 1.165) is 17.1 Å². The van der Waals surface area contributed by atoms with E-state index in [1.165, 1.54) is 0 Å². The van der Waals surface area contributed by atoms with Crippen LogP contribution in [0, 0.1) is 5.92 Å². The lowest BCUT2D eigenvalue weighted by molar-refractivity contribution is -0.139. The van der Waals surface area contributed by atoms with Crippen LogP contribution in [0.25, 0.3) is 0 Å². The first-order valence-corrected chi connectivity index (χ1v) is 9.33. The highest BCUT2D eigenvalue weighted by molar-refractivity contribution is 5.83. The van der Waals surface area contributed by atoms with Crippen LogP contribution in [0.3, 0.4) is 0 Å². The smallest absolute Gasteiger partial charge is 0.225 e. The van der Waals surface area contributed by atoms with E-state index in [0.29, 0.717) is 32.5 Å². The number of pyridine rings is 1. The number of likely N-dealkylation sites (tertiary alicyclic amines) is 1. The van der Waals surface area contributed by atoms with Gasteiger partial charge >= 0.3 is 0 Å². The normalized spacial score (nSPS) is 17.8. The molecule has 7 heteroatoms. The van der Waals surface area contributed by atoms with Gasteiger partial charge in [0.05, 0.1) is 36.1 Å². The highest BCUT2D eigenvalue weighted by Gasteiger charge is 2.30. The highest BCUT2D eigenvalue weighted by Crippen LogP contribution is 2.21. The monoisotopic (exact) mass is 369 g/mol. The van der Waals surface area contributed by atoms with Crippen LogP contribution < -0.4 is 5.32 Å². The molecule has 0 bridgehead atoms. The van der Waals surface area contributed by atoms with Gasteiger partial charge in [0.25, 0.3) is 0 Å². The van der Waals surface area contributed by atoms with Crippen molar-refractivity contribution in [2.75, 3.05) is 6.54 Å². The summed E-state index contributed by atoms with van der Waals surface area (Å²) in [4.78, 5) is 30.8. The Bertz CT molecular complexity index is 794. The van der Waals surface area contributed by atoms with E-state index >= 15 is 0 Å². The number of rotatable bonds is 5. The quantitative estimate of drug-likeness (QED) is 0.845. The summed E-state index contributed by atoms with van der Waals surface area (Å²) >= 11 is 0. The zero-order chi connectivity index (χ0) is 19.4. The molecule has 2 N–H and O–H groups in total. The first-order valence-electron chi connectivity index (χ1n) is 9.33. The summed E-state index contributed by atoms with van der Waals surface area (Å²) in [6.45, 7) is 7.57. The molecule has 1 atom stereocenters. The molecule has 0 radical (unpaired) electrons. The standard InChI is InChI=1S/C20H27N5O2/c1-20(2,3)17-10-16(23-24-17)11-22-19(27)14-7-8-18(26)25(12-14)13-15-6-4-5-9-21-15/h4-6,9-10,14H,7-8,11-13H2,1-3H3,(H,22,27)(H,23,24)/t14-/m0/s1. The van der Waals surface area contributed by atoms with Gasteiger partial charge in [-0.25, -0.2) is 0 Å². The predicted octanol–water partition coefficient (Wildman–Crippen LogP) is 2.16. The van der Waals surface area contributed by atoms with E-state index < -0.39 is 0 Å². The average molecular weight is 369 g/mol. The number of piperidine rings is 1. The van der Waals surface area contributed by atoms with Crippen molar-refractivity contribution in [3.63, 3.8) is 0 Å². The van der Waals surface area contributed by atoms with E-state index in [9.17, 15) is 9.59 Å². The molecule has 1 saturated heterocycles. The van der Waals surface area contributed by atoms with Crippen LogP contribution in [0.4, 0.5) is 0 Å². The second-order valence-corrected chi connectivity index (χ2v) is 8.08. The lowest BCUT2D eigenvalue weighted by atomic mass is 9.92. The first-order chi connectivity index (χ1) is 12.8. The third-order valence-electron chi connectivity index (χ3n) is 4.80. The summed E-state index contributed by atoms with van der Waals surface area (Å²) in [5.74, 6) is -0.148. The first kappa shape index (κ1) is 19.1. The Kier molecular flexibility index (Phi) is 5.58. The van der Waals surface area contributed by atoms with E-state index in [2.05, 4.69) is 41.3 Å². The minimum absolute atomic E-state index is 0.0274. The molecule has 2 aromatic heterocycles. The summed E-state index contributed by atoms with van der Waals surface area (Å²) in [6.07, 6.45) is 2.69. The van der Waals surface area contributed by atoms with Crippen LogP contribution in [0.2, 0.25) is 0 Å². The Morgan fingerprint density at radius 2 is 2.19 bits per heavy atom. The molecule has 2 amide bonds. The molecular weight excluding hydrogens is 342 g/mol. The number of aromatic amines is 1. The molecule has 1 aliphatic rings. The highest BCUT2D eigenvalue weighted by atomic mass is 16.2. The Morgan fingerprint density at radius 1 is 1.37 bits per heavy atom. The number of nitrogens with zero attached hydrogens (tertiary/aromatic N) is 3. The molecule has 144 valence electrons. The van der Waals surface area contributed by atoms with Gasteiger partial charge in [0.15, 0.2) is 0 Å². The number of aromatic nitrogens is 3. The lowest BCUT2D eigenvalue weighted by Crippen LogP contribution is -2.45. The molecule has 2 aromatic rings. The molecule has 0 aromatic carbocycles. The Labute approximate surface area is 159 Å². The molecule has 27 heavy (non-hydrogen) atoms. The zero-order valence-electron chi connectivity index (χ0n) is 16.2. The number of hydrogen-bond donors (Lipinski definition) is 2. The third kappa shape index (κ3) is 4.93. The average Bonchev–Trinajstić information content (AvgIpc) is 3.12. The SMILES string of the molecule is CC(C)(C)c1cc(CNC(=O)[C@H]2CCC(=O)N(Cc3ccccn3)C2)[nH]n1. The fourth-order valence-electron chi connectivity index (χ4n) is 3.13.